The standard InChI is InChI=1S/C11H12N2O2/c14-10-5-1-8(2-6-10)7-12-13-11(15)9-3-4-9/h1-2,5-7,9,14H,3-4H2,(H,13,15). The molecule has 2 rings (SSSR count). The predicted octanol–water partition coefficient (Wildman–Crippen LogP) is 1.25. The van der Waals surface area contributed by atoms with Crippen molar-refractivity contribution in [3.05, 3.63) is 29.8 Å². The summed E-state index contributed by atoms with van der Waals surface area (Å²) in [7, 11) is 0. The number of hydrazone groups is 1. The van der Waals surface area contributed by atoms with Gasteiger partial charge in [-0.3, -0.25) is 4.79 Å². The van der Waals surface area contributed by atoms with Crippen LogP contribution >= 0.6 is 0 Å². The Kier molecular flexibility index (Phi) is 2.67. The van der Waals surface area contributed by atoms with E-state index in [0.717, 1.165) is 18.4 Å². The smallest absolute Gasteiger partial charge is 0.243 e. The van der Waals surface area contributed by atoms with E-state index in [4.69, 9.17) is 5.11 Å². The van der Waals surface area contributed by atoms with Crippen molar-refractivity contribution >= 4 is 12.1 Å². The Hall–Kier alpha value is -1.84. The molecule has 0 bridgehead atoms. The third kappa shape index (κ3) is 2.80. The summed E-state index contributed by atoms with van der Waals surface area (Å²) in [5, 5.41) is 12.9. The van der Waals surface area contributed by atoms with Crippen LogP contribution in [0.15, 0.2) is 29.4 Å². The van der Waals surface area contributed by atoms with Crippen LogP contribution in [-0.4, -0.2) is 17.2 Å². The molecule has 1 amide bonds. The minimum Gasteiger partial charge on any atom is -0.508 e. The van der Waals surface area contributed by atoms with Crippen LogP contribution in [0.5, 0.6) is 5.75 Å². The molecule has 0 atom stereocenters. The molecular formula is C11H12N2O2. The number of carbonyl (C=O) groups excluding carboxylic acids is 1. The van der Waals surface area contributed by atoms with Gasteiger partial charge in [0, 0.05) is 5.92 Å². The van der Waals surface area contributed by atoms with Crippen LogP contribution in [0.25, 0.3) is 0 Å². The number of nitrogens with one attached hydrogen (secondary N) is 1. The molecule has 0 aromatic heterocycles. The number of phenols is 1. The number of phenolic OH excluding ortho intramolecular Hbond substituents is 1. The molecule has 78 valence electrons. The van der Waals surface area contributed by atoms with E-state index < -0.39 is 0 Å². The van der Waals surface area contributed by atoms with Gasteiger partial charge in [-0.2, -0.15) is 5.10 Å². The van der Waals surface area contributed by atoms with E-state index in [1.165, 1.54) is 0 Å². The fourth-order valence-electron chi connectivity index (χ4n) is 1.17. The maximum Gasteiger partial charge on any atom is 0.243 e. The van der Waals surface area contributed by atoms with Gasteiger partial charge in [0.2, 0.25) is 5.91 Å². The quantitative estimate of drug-likeness (QED) is 0.575. The van der Waals surface area contributed by atoms with Crippen LogP contribution in [0.3, 0.4) is 0 Å². The normalized spacial score (nSPS) is 15.5. The van der Waals surface area contributed by atoms with Crippen molar-refractivity contribution in [3.8, 4) is 5.75 Å². The number of carbonyl (C=O) groups is 1. The summed E-state index contributed by atoms with van der Waals surface area (Å²) in [4.78, 5) is 11.2. The van der Waals surface area contributed by atoms with E-state index >= 15 is 0 Å². The molecule has 0 spiro atoms. The molecule has 4 heteroatoms. The molecule has 15 heavy (non-hydrogen) atoms. The zero-order valence-electron chi connectivity index (χ0n) is 8.18. The lowest BCUT2D eigenvalue weighted by Gasteiger charge is -1.96. The zero-order chi connectivity index (χ0) is 10.7. The van der Waals surface area contributed by atoms with E-state index in [-0.39, 0.29) is 17.6 Å². The second kappa shape index (κ2) is 4.13. The number of aromatic hydroxyl groups is 1. The van der Waals surface area contributed by atoms with Crippen molar-refractivity contribution in [3.63, 3.8) is 0 Å². The lowest BCUT2D eigenvalue weighted by atomic mass is 10.2. The Labute approximate surface area is 87.6 Å². The second-order valence-electron chi connectivity index (χ2n) is 3.60. The first-order chi connectivity index (χ1) is 7.25. The number of hydrogen-bond donors (Lipinski definition) is 2. The number of benzene rings is 1. The van der Waals surface area contributed by atoms with Crippen LogP contribution in [0.2, 0.25) is 0 Å². The maximum atomic E-state index is 11.2. The molecule has 1 fully saturated rings. The van der Waals surface area contributed by atoms with E-state index in [9.17, 15) is 4.79 Å². The molecule has 0 saturated heterocycles. The van der Waals surface area contributed by atoms with Crippen molar-refractivity contribution in [2.75, 3.05) is 0 Å². The number of nitrogens with zero attached hydrogens (tertiary/aromatic N) is 1. The number of amides is 1. The first-order valence-corrected chi connectivity index (χ1v) is 4.87. The van der Waals surface area contributed by atoms with Crippen LogP contribution in [0.4, 0.5) is 0 Å². The van der Waals surface area contributed by atoms with Crippen LogP contribution in [0.1, 0.15) is 18.4 Å². The maximum absolute atomic E-state index is 11.2. The van der Waals surface area contributed by atoms with E-state index in [0.29, 0.717) is 0 Å². The highest BCUT2D eigenvalue weighted by Crippen LogP contribution is 2.28. The Morgan fingerprint density at radius 1 is 1.40 bits per heavy atom. The Morgan fingerprint density at radius 3 is 2.67 bits per heavy atom. The van der Waals surface area contributed by atoms with Gasteiger partial charge in [-0.25, -0.2) is 5.43 Å². The molecule has 0 radical (unpaired) electrons. The predicted molar refractivity (Wildman–Crippen MR) is 56.6 cm³/mol. The lowest BCUT2D eigenvalue weighted by Crippen LogP contribution is -2.18. The fourth-order valence-corrected chi connectivity index (χ4v) is 1.17. The number of hydrogen-bond acceptors (Lipinski definition) is 3. The summed E-state index contributed by atoms with van der Waals surface area (Å²) in [5.41, 5.74) is 3.31. The molecule has 0 heterocycles. The van der Waals surface area contributed by atoms with Gasteiger partial charge in [0.05, 0.1) is 6.21 Å². The minimum absolute atomic E-state index is 0.00923. The Balaban J connectivity index is 1.87. The minimum atomic E-state index is -0.00923. The number of rotatable bonds is 3. The van der Waals surface area contributed by atoms with Gasteiger partial charge in [0.15, 0.2) is 0 Å². The molecule has 0 aliphatic heterocycles. The molecule has 2 N–H and O–H groups in total. The second-order valence-corrected chi connectivity index (χ2v) is 3.60. The summed E-state index contributed by atoms with van der Waals surface area (Å²) in [6, 6.07) is 6.60. The third-order valence-corrected chi connectivity index (χ3v) is 2.23. The van der Waals surface area contributed by atoms with Gasteiger partial charge < -0.3 is 5.11 Å². The molecule has 4 nitrogen and oxygen atoms in total. The van der Waals surface area contributed by atoms with Gasteiger partial charge in [0.25, 0.3) is 0 Å². The fraction of sp³-hybridized carbons (Fsp3) is 0.273. The third-order valence-electron chi connectivity index (χ3n) is 2.23. The first-order valence-electron chi connectivity index (χ1n) is 4.87. The lowest BCUT2D eigenvalue weighted by molar-refractivity contribution is -0.122. The average molecular weight is 204 g/mol. The molecule has 0 unspecified atom stereocenters. The molecule has 1 saturated carbocycles. The van der Waals surface area contributed by atoms with Crippen molar-refractivity contribution in [1.82, 2.24) is 5.43 Å². The topological polar surface area (TPSA) is 61.7 Å². The highest BCUT2D eigenvalue weighted by molar-refractivity contribution is 5.84. The van der Waals surface area contributed by atoms with Crippen LogP contribution < -0.4 is 5.43 Å². The largest absolute Gasteiger partial charge is 0.508 e. The van der Waals surface area contributed by atoms with Crippen LogP contribution in [0, 0.1) is 5.92 Å². The Bertz CT molecular complexity index is 380. The summed E-state index contributed by atoms with van der Waals surface area (Å²) >= 11 is 0. The molecular weight excluding hydrogens is 192 g/mol. The molecule has 1 aliphatic carbocycles. The summed E-state index contributed by atoms with van der Waals surface area (Å²) in [6.07, 6.45) is 3.50. The van der Waals surface area contributed by atoms with E-state index in [2.05, 4.69) is 10.5 Å². The van der Waals surface area contributed by atoms with Gasteiger partial charge in [-0.1, -0.05) is 0 Å². The van der Waals surface area contributed by atoms with E-state index in [1.807, 2.05) is 0 Å². The molecule has 1 aromatic rings. The van der Waals surface area contributed by atoms with Gasteiger partial charge in [-0.15, -0.1) is 0 Å². The molecule has 1 aliphatic rings. The highest BCUT2D eigenvalue weighted by Gasteiger charge is 2.29. The SMILES string of the molecule is O=C(NN=Cc1ccc(O)cc1)C1CC1. The summed E-state index contributed by atoms with van der Waals surface area (Å²) in [6.45, 7) is 0. The van der Waals surface area contributed by atoms with E-state index in [1.54, 1.807) is 30.5 Å². The summed E-state index contributed by atoms with van der Waals surface area (Å²) < 4.78 is 0. The molecule has 1 aromatic carbocycles. The van der Waals surface area contributed by atoms with Gasteiger partial charge >= 0.3 is 0 Å². The van der Waals surface area contributed by atoms with Crippen molar-refractivity contribution in [2.45, 2.75) is 12.8 Å². The highest BCUT2D eigenvalue weighted by atomic mass is 16.3. The van der Waals surface area contributed by atoms with Gasteiger partial charge in [-0.05, 0) is 42.7 Å². The first kappa shape index (κ1) is 9.71. The average Bonchev–Trinajstić information content (AvgIpc) is 3.04. The monoisotopic (exact) mass is 204 g/mol. The summed E-state index contributed by atoms with van der Waals surface area (Å²) in [5.74, 6) is 0.376. The van der Waals surface area contributed by atoms with Crippen molar-refractivity contribution in [2.24, 2.45) is 11.0 Å². The Morgan fingerprint density at radius 2 is 2.07 bits per heavy atom. The van der Waals surface area contributed by atoms with Gasteiger partial charge in [0.1, 0.15) is 5.75 Å². The van der Waals surface area contributed by atoms with Crippen LogP contribution in [-0.2, 0) is 4.79 Å². The van der Waals surface area contributed by atoms with Crippen molar-refractivity contribution < 1.29 is 9.90 Å². The van der Waals surface area contributed by atoms with Crippen molar-refractivity contribution in [1.29, 1.82) is 0 Å². The zero-order valence-corrected chi connectivity index (χ0v) is 8.18.